The molecule has 9 heteroatoms. The molecule has 3 aromatic heterocycles. The van der Waals surface area contributed by atoms with Gasteiger partial charge in [-0.2, -0.15) is 10.2 Å². The Morgan fingerprint density at radius 2 is 1.86 bits per heavy atom. The molecule has 1 aliphatic rings. The number of likely N-dealkylation sites (tertiary alicyclic amines) is 1. The molecule has 5 rings (SSSR count). The summed E-state index contributed by atoms with van der Waals surface area (Å²) in [6, 6.07) is 7.83. The summed E-state index contributed by atoms with van der Waals surface area (Å²) in [5.74, 6) is 1.52. The molecule has 1 aliphatic heterocycles. The highest BCUT2D eigenvalue weighted by atomic mass is 16.5. The second kappa shape index (κ2) is 9.53. The lowest BCUT2D eigenvalue weighted by atomic mass is 10.0. The molecule has 37 heavy (non-hydrogen) atoms. The van der Waals surface area contributed by atoms with Crippen molar-refractivity contribution in [3.8, 4) is 22.9 Å². The SMILES string of the molecule is COc1ccc(CN2CC(C(C)Oc3nc(-c4cnn(C(C)(C)C)c4)cn4ncc(C)c34)CC2=O)cc1. The van der Waals surface area contributed by atoms with E-state index in [0.29, 0.717) is 25.4 Å². The average molecular weight is 503 g/mol. The molecule has 194 valence electrons. The molecule has 0 saturated carbocycles. The van der Waals surface area contributed by atoms with Crippen molar-refractivity contribution in [1.29, 1.82) is 0 Å². The lowest BCUT2D eigenvalue weighted by Crippen LogP contribution is -2.29. The van der Waals surface area contributed by atoms with Crippen LogP contribution in [0.5, 0.6) is 11.6 Å². The van der Waals surface area contributed by atoms with Crippen molar-refractivity contribution < 1.29 is 14.3 Å². The number of rotatable bonds is 7. The Balaban J connectivity index is 1.36. The van der Waals surface area contributed by atoms with Crippen molar-refractivity contribution in [2.24, 2.45) is 5.92 Å². The number of methoxy groups -OCH3 is 1. The van der Waals surface area contributed by atoms with E-state index >= 15 is 0 Å². The van der Waals surface area contributed by atoms with Gasteiger partial charge < -0.3 is 14.4 Å². The maximum atomic E-state index is 12.8. The number of carbonyl (C=O) groups is 1. The van der Waals surface area contributed by atoms with Gasteiger partial charge >= 0.3 is 0 Å². The number of nitrogens with zero attached hydrogens (tertiary/aromatic N) is 6. The van der Waals surface area contributed by atoms with Crippen molar-refractivity contribution in [1.82, 2.24) is 29.3 Å². The van der Waals surface area contributed by atoms with Gasteiger partial charge in [0.05, 0.1) is 36.9 Å². The molecular weight excluding hydrogens is 468 g/mol. The van der Waals surface area contributed by atoms with Crippen molar-refractivity contribution in [3.05, 3.63) is 60.2 Å². The number of hydrogen-bond donors (Lipinski definition) is 0. The lowest BCUT2D eigenvalue weighted by molar-refractivity contribution is -0.128. The minimum Gasteiger partial charge on any atom is -0.497 e. The molecule has 4 heterocycles. The molecule has 0 spiro atoms. The van der Waals surface area contributed by atoms with Crippen LogP contribution in [0.1, 0.15) is 45.2 Å². The van der Waals surface area contributed by atoms with E-state index in [4.69, 9.17) is 14.5 Å². The summed E-state index contributed by atoms with van der Waals surface area (Å²) in [5.41, 5.74) is 4.38. The number of benzene rings is 1. The quantitative estimate of drug-likeness (QED) is 0.370. The van der Waals surface area contributed by atoms with Crippen LogP contribution in [-0.2, 0) is 16.9 Å². The van der Waals surface area contributed by atoms with Gasteiger partial charge in [-0.1, -0.05) is 12.1 Å². The van der Waals surface area contributed by atoms with Gasteiger partial charge in [0, 0.05) is 42.8 Å². The van der Waals surface area contributed by atoms with Crippen LogP contribution in [0, 0.1) is 12.8 Å². The van der Waals surface area contributed by atoms with Crippen molar-refractivity contribution in [2.45, 2.75) is 59.2 Å². The third kappa shape index (κ3) is 5.03. The van der Waals surface area contributed by atoms with Crippen LogP contribution in [0.15, 0.2) is 49.1 Å². The summed E-state index contributed by atoms with van der Waals surface area (Å²) in [7, 11) is 1.65. The molecule has 2 unspecified atom stereocenters. The lowest BCUT2D eigenvalue weighted by Gasteiger charge is -2.22. The van der Waals surface area contributed by atoms with E-state index in [0.717, 1.165) is 33.7 Å². The van der Waals surface area contributed by atoms with Crippen LogP contribution in [-0.4, -0.2) is 54.9 Å². The summed E-state index contributed by atoms with van der Waals surface area (Å²) in [5, 5.41) is 9.03. The number of ether oxygens (including phenoxy) is 2. The van der Waals surface area contributed by atoms with Gasteiger partial charge in [-0.15, -0.1) is 0 Å². The van der Waals surface area contributed by atoms with Crippen molar-refractivity contribution in [2.75, 3.05) is 13.7 Å². The largest absolute Gasteiger partial charge is 0.497 e. The molecule has 4 aromatic rings. The Labute approximate surface area is 217 Å². The molecule has 0 aliphatic carbocycles. The molecule has 1 fully saturated rings. The maximum Gasteiger partial charge on any atom is 0.241 e. The summed E-state index contributed by atoms with van der Waals surface area (Å²) < 4.78 is 15.4. The third-order valence-electron chi connectivity index (χ3n) is 6.95. The fraction of sp³-hybridized carbons (Fsp3) is 0.429. The first-order chi connectivity index (χ1) is 17.6. The Hall–Kier alpha value is -3.88. The van der Waals surface area contributed by atoms with Gasteiger partial charge in [0.2, 0.25) is 11.8 Å². The molecule has 9 nitrogen and oxygen atoms in total. The fourth-order valence-corrected chi connectivity index (χ4v) is 4.66. The number of hydrogen-bond acceptors (Lipinski definition) is 6. The second-order valence-corrected chi connectivity index (χ2v) is 10.8. The standard InChI is InChI=1S/C28H34N6O3/c1-18-12-29-33-17-24(22-13-30-34(16-22)28(3,4)5)31-27(26(18)33)37-19(2)21-11-25(35)32(15-21)14-20-7-9-23(36-6)10-8-20/h7-10,12-13,16-17,19,21H,11,14-15H2,1-6H3. The smallest absolute Gasteiger partial charge is 0.241 e. The highest BCUT2D eigenvalue weighted by Crippen LogP contribution is 2.31. The molecule has 0 bridgehead atoms. The zero-order chi connectivity index (χ0) is 26.3. The normalized spacial score (nSPS) is 17.0. The second-order valence-electron chi connectivity index (χ2n) is 10.8. The Bertz CT molecular complexity index is 1420. The number of fused-ring (bicyclic) bond motifs is 1. The van der Waals surface area contributed by atoms with Crippen LogP contribution in [0.25, 0.3) is 16.8 Å². The van der Waals surface area contributed by atoms with Crippen LogP contribution in [0.3, 0.4) is 0 Å². The molecular formula is C28H34N6O3. The predicted octanol–water partition coefficient (Wildman–Crippen LogP) is 4.48. The molecule has 1 aromatic carbocycles. The van der Waals surface area contributed by atoms with E-state index < -0.39 is 0 Å². The molecule has 1 amide bonds. The summed E-state index contributed by atoms with van der Waals surface area (Å²) >= 11 is 0. The number of carbonyl (C=O) groups excluding carboxylic acids is 1. The summed E-state index contributed by atoms with van der Waals surface area (Å²) in [4.78, 5) is 19.6. The van der Waals surface area contributed by atoms with Crippen LogP contribution >= 0.6 is 0 Å². The van der Waals surface area contributed by atoms with Gasteiger partial charge in [-0.25, -0.2) is 9.50 Å². The van der Waals surface area contributed by atoms with Gasteiger partial charge in [-0.05, 0) is 52.3 Å². The topological polar surface area (TPSA) is 86.8 Å². The van der Waals surface area contributed by atoms with E-state index in [9.17, 15) is 4.79 Å². The minimum atomic E-state index is -0.206. The van der Waals surface area contributed by atoms with Gasteiger partial charge in [0.1, 0.15) is 17.4 Å². The maximum absolute atomic E-state index is 12.8. The van der Waals surface area contributed by atoms with Crippen LogP contribution in [0.2, 0.25) is 0 Å². The van der Waals surface area contributed by atoms with E-state index in [1.54, 1.807) is 7.11 Å². The van der Waals surface area contributed by atoms with Gasteiger partial charge in [0.15, 0.2) is 0 Å². The molecule has 1 saturated heterocycles. The van der Waals surface area contributed by atoms with E-state index in [1.807, 2.05) is 77.0 Å². The number of aryl methyl sites for hydroxylation is 1. The first-order valence-corrected chi connectivity index (χ1v) is 12.6. The fourth-order valence-electron chi connectivity index (χ4n) is 4.66. The Kier molecular flexibility index (Phi) is 6.39. The van der Waals surface area contributed by atoms with Crippen LogP contribution in [0.4, 0.5) is 0 Å². The third-order valence-corrected chi connectivity index (χ3v) is 6.95. The Morgan fingerprint density at radius 1 is 1.11 bits per heavy atom. The zero-order valence-corrected chi connectivity index (χ0v) is 22.3. The first-order valence-electron chi connectivity index (χ1n) is 12.6. The highest BCUT2D eigenvalue weighted by Gasteiger charge is 2.34. The van der Waals surface area contributed by atoms with Crippen LogP contribution < -0.4 is 9.47 Å². The molecule has 0 N–H and O–H groups in total. The molecule has 2 atom stereocenters. The average Bonchev–Trinajstić information content (AvgIpc) is 3.59. The number of amides is 1. The van der Waals surface area contributed by atoms with Gasteiger partial charge in [-0.3, -0.25) is 9.48 Å². The van der Waals surface area contributed by atoms with E-state index in [2.05, 4.69) is 31.0 Å². The number of aromatic nitrogens is 5. The monoisotopic (exact) mass is 502 g/mol. The van der Waals surface area contributed by atoms with E-state index in [-0.39, 0.29) is 23.5 Å². The highest BCUT2D eigenvalue weighted by molar-refractivity contribution is 5.78. The Morgan fingerprint density at radius 3 is 2.54 bits per heavy atom. The zero-order valence-electron chi connectivity index (χ0n) is 22.3. The predicted molar refractivity (Wildman–Crippen MR) is 141 cm³/mol. The van der Waals surface area contributed by atoms with E-state index in [1.165, 1.54) is 0 Å². The summed E-state index contributed by atoms with van der Waals surface area (Å²) in [6.07, 6.45) is 7.76. The molecule has 0 radical (unpaired) electrons. The van der Waals surface area contributed by atoms with Crippen molar-refractivity contribution in [3.63, 3.8) is 0 Å². The van der Waals surface area contributed by atoms with Gasteiger partial charge in [0.25, 0.3) is 0 Å². The first kappa shape index (κ1) is 24.8. The minimum absolute atomic E-state index is 0.0584. The van der Waals surface area contributed by atoms with Crippen molar-refractivity contribution >= 4 is 11.4 Å². The summed E-state index contributed by atoms with van der Waals surface area (Å²) in [6.45, 7) is 11.5.